The molecule has 0 bridgehead atoms. The maximum Gasteiger partial charge on any atom is 0.262 e. The number of hydrogen-bond acceptors (Lipinski definition) is 3. The molecule has 29 heavy (non-hydrogen) atoms. The molecule has 0 aromatic heterocycles. The van der Waals surface area contributed by atoms with Crippen molar-refractivity contribution in [2.24, 2.45) is 0 Å². The number of para-hydroxylation sites is 1. The molecule has 0 aliphatic rings. The Labute approximate surface area is 170 Å². The fourth-order valence-corrected chi connectivity index (χ4v) is 2.84. The second-order valence-electron chi connectivity index (χ2n) is 6.86. The van der Waals surface area contributed by atoms with Gasteiger partial charge in [0.15, 0.2) is 6.61 Å². The largest absolute Gasteiger partial charge is 0.484 e. The second kappa shape index (κ2) is 9.06. The van der Waals surface area contributed by atoms with Gasteiger partial charge < -0.3 is 15.0 Å². The Kier molecular flexibility index (Phi) is 6.29. The van der Waals surface area contributed by atoms with Gasteiger partial charge in [-0.05, 0) is 67.4 Å². The molecule has 0 radical (unpaired) electrons. The third-order valence-electron chi connectivity index (χ3n) is 4.69. The number of aryl methyl sites for hydroxylation is 2. The van der Waals surface area contributed by atoms with Gasteiger partial charge in [0.05, 0.1) is 0 Å². The van der Waals surface area contributed by atoms with Crippen molar-refractivity contribution < 1.29 is 14.3 Å². The van der Waals surface area contributed by atoms with E-state index in [4.69, 9.17) is 4.74 Å². The average Bonchev–Trinajstić information content (AvgIpc) is 2.74. The zero-order valence-electron chi connectivity index (χ0n) is 16.8. The van der Waals surface area contributed by atoms with Crippen LogP contribution in [0.5, 0.6) is 5.75 Å². The molecular formula is C24H24N2O3. The lowest BCUT2D eigenvalue weighted by Crippen LogP contribution is -2.26. The van der Waals surface area contributed by atoms with Crippen LogP contribution in [0.3, 0.4) is 0 Å². The topological polar surface area (TPSA) is 58.6 Å². The van der Waals surface area contributed by atoms with Crippen LogP contribution >= 0.6 is 0 Å². The molecule has 0 aliphatic carbocycles. The molecule has 5 nitrogen and oxygen atoms in total. The SMILES string of the molecule is Cc1ccc(OCC(=O)Nc2cccc(C(=O)N(C)c3ccccc3)c2)cc1C. The number of nitrogens with one attached hydrogen (secondary N) is 1. The summed E-state index contributed by atoms with van der Waals surface area (Å²) in [6, 6.07) is 22.0. The number of nitrogens with zero attached hydrogens (tertiary/aromatic N) is 1. The van der Waals surface area contributed by atoms with Gasteiger partial charge in [-0.1, -0.05) is 30.3 Å². The van der Waals surface area contributed by atoms with E-state index in [9.17, 15) is 9.59 Å². The van der Waals surface area contributed by atoms with Crippen LogP contribution < -0.4 is 15.0 Å². The number of benzene rings is 3. The van der Waals surface area contributed by atoms with E-state index in [-0.39, 0.29) is 18.4 Å². The van der Waals surface area contributed by atoms with Crippen molar-refractivity contribution in [3.8, 4) is 5.75 Å². The second-order valence-corrected chi connectivity index (χ2v) is 6.86. The summed E-state index contributed by atoms with van der Waals surface area (Å²) in [4.78, 5) is 26.6. The van der Waals surface area contributed by atoms with Crippen molar-refractivity contribution in [2.45, 2.75) is 13.8 Å². The summed E-state index contributed by atoms with van der Waals surface area (Å²) in [6.45, 7) is 3.91. The average molecular weight is 388 g/mol. The standard InChI is InChI=1S/C24H24N2O3/c1-17-12-13-22(14-18(17)2)29-16-23(27)25-20-9-7-8-19(15-20)24(28)26(3)21-10-5-4-6-11-21/h4-15H,16H2,1-3H3,(H,25,27). The van der Waals surface area contributed by atoms with E-state index in [1.165, 1.54) is 5.56 Å². The van der Waals surface area contributed by atoms with Gasteiger partial charge >= 0.3 is 0 Å². The molecular weight excluding hydrogens is 364 g/mol. The van der Waals surface area contributed by atoms with E-state index < -0.39 is 0 Å². The molecule has 2 amide bonds. The van der Waals surface area contributed by atoms with Gasteiger partial charge in [-0.15, -0.1) is 0 Å². The van der Waals surface area contributed by atoms with Gasteiger partial charge in [0.2, 0.25) is 0 Å². The van der Waals surface area contributed by atoms with Crippen LogP contribution in [0.25, 0.3) is 0 Å². The monoisotopic (exact) mass is 388 g/mol. The zero-order chi connectivity index (χ0) is 20.8. The molecule has 148 valence electrons. The summed E-state index contributed by atoms with van der Waals surface area (Å²) >= 11 is 0. The molecule has 5 heteroatoms. The molecule has 3 aromatic rings. The molecule has 0 spiro atoms. The lowest BCUT2D eigenvalue weighted by Gasteiger charge is -2.17. The molecule has 0 heterocycles. The minimum atomic E-state index is -0.288. The number of hydrogen-bond donors (Lipinski definition) is 1. The van der Waals surface area contributed by atoms with Crippen molar-refractivity contribution in [1.82, 2.24) is 0 Å². The smallest absolute Gasteiger partial charge is 0.262 e. The summed E-state index contributed by atoms with van der Waals surface area (Å²) in [6.07, 6.45) is 0. The van der Waals surface area contributed by atoms with Gasteiger partial charge in [-0.2, -0.15) is 0 Å². The zero-order valence-corrected chi connectivity index (χ0v) is 16.8. The molecule has 0 fully saturated rings. The van der Waals surface area contributed by atoms with Crippen LogP contribution in [-0.2, 0) is 4.79 Å². The fourth-order valence-electron chi connectivity index (χ4n) is 2.84. The highest BCUT2D eigenvalue weighted by Crippen LogP contribution is 2.18. The lowest BCUT2D eigenvalue weighted by atomic mass is 10.1. The number of ether oxygens (including phenoxy) is 1. The molecule has 3 rings (SSSR count). The lowest BCUT2D eigenvalue weighted by molar-refractivity contribution is -0.118. The van der Waals surface area contributed by atoms with E-state index in [1.54, 1.807) is 36.2 Å². The van der Waals surface area contributed by atoms with Crippen LogP contribution in [0, 0.1) is 13.8 Å². The normalized spacial score (nSPS) is 10.3. The number of anilines is 2. The van der Waals surface area contributed by atoms with Gasteiger partial charge in [0.25, 0.3) is 11.8 Å². The molecule has 0 saturated carbocycles. The first kappa shape index (κ1) is 20.1. The van der Waals surface area contributed by atoms with Gasteiger partial charge in [0, 0.05) is 24.0 Å². The van der Waals surface area contributed by atoms with Crippen molar-refractivity contribution in [3.63, 3.8) is 0 Å². The Hall–Kier alpha value is -3.60. The Bertz CT molecular complexity index is 1020. The van der Waals surface area contributed by atoms with Gasteiger partial charge in [-0.25, -0.2) is 0 Å². The van der Waals surface area contributed by atoms with Crippen LogP contribution in [0.1, 0.15) is 21.5 Å². The van der Waals surface area contributed by atoms with Crippen LogP contribution in [0.15, 0.2) is 72.8 Å². The quantitative estimate of drug-likeness (QED) is 0.671. The van der Waals surface area contributed by atoms with Gasteiger partial charge in [0.1, 0.15) is 5.75 Å². The first-order chi connectivity index (χ1) is 13.9. The predicted molar refractivity (Wildman–Crippen MR) is 116 cm³/mol. The first-order valence-electron chi connectivity index (χ1n) is 9.37. The van der Waals surface area contributed by atoms with Crippen LogP contribution in [-0.4, -0.2) is 25.5 Å². The number of rotatable bonds is 6. The van der Waals surface area contributed by atoms with Crippen molar-refractivity contribution in [3.05, 3.63) is 89.5 Å². The molecule has 0 atom stereocenters. The number of carbonyl (C=O) groups excluding carboxylic acids is 2. The van der Waals surface area contributed by atoms with Crippen molar-refractivity contribution >= 4 is 23.2 Å². The summed E-state index contributed by atoms with van der Waals surface area (Å²) in [5, 5.41) is 2.78. The Morgan fingerprint density at radius 3 is 2.38 bits per heavy atom. The highest BCUT2D eigenvalue weighted by molar-refractivity contribution is 6.06. The summed E-state index contributed by atoms with van der Waals surface area (Å²) in [5.74, 6) is 0.208. The molecule has 0 saturated heterocycles. The number of carbonyl (C=O) groups is 2. The van der Waals surface area contributed by atoms with E-state index in [2.05, 4.69) is 5.32 Å². The maximum absolute atomic E-state index is 12.7. The van der Waals surface area contributed by atoms with Crippen molar-refractivity contribution in [1.29, 1.82) is 0 Å². The Balaban J connectivity index is 1.62. The minimum absolute atomic E-state index is 0.107. The van der Waals surface area contributed by atoms with E-state index in [0.717, 1.165) is 11.3 Å². The van der Waals surface area contributed by atoms with Crippen molar-refractivity contribution in [2.75, 3.05) is 23.9 Å². The molecule has 0 unspecified atom stereocenters. The third-order valence-corrected chi connectivity index (χ3v) is 4.69. The Morgan fingerprint density at radius 1 is 0.897 bits per heavy atom. The summed E-state index contributed by atoms with van der Waals surface area (Å²) in [5.41, 5.74) is 4.12. The van der Waals surface area contributed by atoms with Crippen LogP contribution in [0.4, 0.5) is 11.4 Å². The van der Waals surface area contributed by atoms with E-state index >= 15 is 0 Å². The van der Waals surface area contributed by atoms with Gasteiger partial charge in [-0.3, -0.25) is 9.59 Å². The minimum Gasteiger partial charge on any atom is -0.484 e. The molecule has 0 aliphatic heterocycles. The summed E-state index contributed by atoms with van der Waals surface area (Å²) < 4.78 is 5.56. The van der Waals surface area contributed by atoms with Crippen LogP contribution in [0.2, 0.25) is 0 Å². The highest BCUT2D eigenvalue weighted by Gasteiger charge is 2.14. The number of amides is 2. The van der Waals surface area contributed by atoms with E-state index in [1.807, 2.05) is 62.4 Å². The predicted octanol–water partition coefficient (Wildman–Crippen LogP) is 4.60. The first-order valence-corrected chi connectivity index (χ1v) is 9.37. The maximum atomic E-state index is 12.7. The van der Waals surface area contributed by atoms with E-state index in [0.29, 0.717) is 17.0 Å². The third kappa shape index (κ3) is 5.23. The Morgan fingerprint density at radius 2 is 1.66 bits per heavy atom. The fraction of sp³-hybridized carbons (Fsp3) is 0.167. The molecule has 3 aromatic carbocycles. The molecule has 1 N–H and O–H groups in total. The summed E-state index contributed by atoms with van der Waals surface area (Å²) in [7, 11) is 1.72. The highest BCUT2D eigenvalue weighted by atomic mass is 16.5.